The van der Waals surface area contributed by atoms with Crippen molar-refractivity contribution in [3.8, 4) is 0 Å². The van der Waals surface area contributed by atoms with E-state index in [9.17, 15) is 4.39 Å². The van der Waals surface area contributed by atoms with Crippen LogP contribution < -0.4 is 0 Å². The Morgan fingerprint density at radius 1 is 1.82 bits per heavy atom. The summed E-state index contributed by atoms with van der Waals surface area (Å²) >= 11 is 3.20. The molecule has 11 heavy (non-hydrogen) atoms. The molecule has 0 bridgehead atoms. The minimum absolute atomic E-state index is 0.0582. The fourth-order valence-electron chi connectivity index (χ4n) is 0.553. The van der Waals surface area contributed by atoms with Gasteiger partial charge in [0.15, 0.2) is 0 Å². The van der Waals surface area contributed by atoms with Crippen molar-refractivity contribution >= 4 is 36.5 Å². The van der Waals surface area contributed by atoms with Crippen molar-refractivity contribution < 1.29 is 9.04 Å². The SMILES string of the molecule is B=BOC[C@H](Br)C[C@H](F)C=N. The Labute approximate surface area is 75.5 Å². The fourth-order valence-corrected chi connectivity index (χ4v) is 1.06. The fraction of sp³-hybridized carbons (Fsp3) is 0.800. The molecule has 0 aliphatic carbocycles. The molecule has 0 saturated heterocycles. The van der Waals surface area contributed by atoms with E-state index in [4.69, 9.17) is 10.1 Å². The Morgan fingerprint density at radius 2 is 2.45 bits per heavy atom. The van der Waals surface area contributed by atoms with Crippen LogP contribution in [0.1, 0.15) is 6.42 Å². The first-order chi connectivity index (χ1) is 5.20. The molecule has 0 fully saturated rings. The molecule has 0 aromatic heterocycles. The van der Waals surface area contributed by atoms with Gasteiger partial charge < -0.3 is 0 Å². The summed E-state index contributed by atoms with van der Waals surface area (Å²) in [5, 5.41) is 6.60. The van der Waals surface area contributed by atoms with Crippen molar-refractivity contribution in [2.45, 2.75) is 17.4 Å². The van der Waals surface area contributed by atoms with Gasteiger partial charge in [-0.3, -0.25) is 0 Å². The molecule has 6 heteroatoms. The van der Waals surface area contributed by atoms with Crippen LogP contribution in [0.15, 0.2) is 0 Å². The van der Waals surface area contributed by atoms with Crippen LogP contribution in [0.25, 0.3) is 0 Å². The average molecular weight is 220 g/mol. The van der Waals surface area contributed by atoms with Gasteiger partial charge in [0.2, 0.25) is 0 Å². The Morgan fingerprint density at radius 3 is 2.91 bits per heavy atom. The van der Waals surface area contributed by atoms with Crippen LogP contribution in [0.4, 0.5) is 4.39 Å². The van der Waals surface area contributed by atoms with Crippen molar-refractivity contribution in [1.82, 2.24) is 0 Å². The summed E-state index contributed by atoms with van der Waals surface area (Å²) in [5.41, 5.74) is 0. The van der Waals surface area contributed by atoms with Crippen LogP contribution in [0.5, 0.6) is 0 Å². The predicted octanol–water partition coefficient (Wildman–Crippen LogP) is 0.579. The Kier molecular flexibility index (Phi) is 6.71. The van der Waals surface area contributed by atoms with Crippen LogP contribution in [-0.4, -0.2) is 38.2 Å². The summed E-state index contributed by atoms with van der Waals surface area (Å²) in [6.07, 6.45) is -0.146. The monoisotopic (exact) mass is 219 g/mol. The first kappa shape index (κ1) is 11.0. The molecule has 0 radical (unpaired) electrons. The molecule has 0 unspecified atom stereocenters. The third kappa shape index (κ3) is 6.41. The zero-order valence-corrected chi connectivity index (χ0v) is 7.68. The number of rotatable bonds is 6. The van der Waals surface area contributed by atoms with Gasteiger partial charge in [0.25, 0.3) is 0 Å². The Hall–Kier alpha value is 0.00987. The molecular weight excluding hydrogens is 211 g/mol. The van der Waals surface area contributed by atoms with Crippen LogP contribution in [-0.2, 0) is 4.65 Å². The molecule has 60 valence electrons. The van der Waals surface area contributed by atoms with E-state index in [0.29, 0.717) is 6.61 Å². The second kappa shape index (κ2) is 6.70. The summed E-state index contributed by atoms with van der Waals surface area (Å²) in [5.74, 6) is 0. The maximum absolute atomic E-state index is 12.5. The van der Waals surface area contributed by atoms with Gasteiger partial charge in [0.1, 0.15) is 0 Å². The standard InChI is InChI=1S/C5H9B2BrFNO/c6-7-11-3-4(8)1-5(9)2-10/h2,4-6,10H,1,3H2/t4-,5+/m1/s1. The van der Waals surface area contributed by atoms with Crippen LogP contribution in [0.2, 0.25) is 0 Å². The normalized spacial score (nSPS) is 14.6. The van der Waals surface area contributed by atoms with Gasteiger partial charge in [-0.2, -0.15) is 0 Å². The summed E-state index contributed by atoms with van der Waals surface area (Å²) < 4.78 is 17.3. The van der Waals surface area contributed by atoms with E-state index in [1.807, 2.05) is 0 Å². The van der Waals surface area contributed by atoms with Gasteiger partial charge in [-0.15, -0.1) is 0 Å². The molecule has 0 aromatic rings. The van der Waals surface area contributed by atoms with E-state index in [-0.39, 0.29) is 11.2 Å². The number of hydrogen-bond acceptors (Lipinski definition) is 2. The molecule has 0 aliphatic heterocycles. The zero-order valence-electron chi connectivity index (χ0n) is 6.09. The number of nitrogens with one attached hydrogen (secondary N) is 1. The van der Waals surface area contributed by atoms with Gasteiger partial charge in [-0.25, -0.2) is 0 Å². The minimum atomic E-state index is -1.19. The van der Waals surface area contributed by atoms with Crippen molar-refractivity contribution in [3.63, 3.8) is 0 Å². The summed E-state index contributed by atoms with van der Waals surface area (Å²) in [6.45, 7) is 0.387. The molecule has 1 N–H and O–H groups in total. The van der Waals surface area contributed by atoms with Crippen LogP contribution >= 0.6 is 15.9 Å². The predicted molar refractivity (Wildman–Crippen MR) is 49.9 cm³/mol. The van der Waals surface area contributed by atoms with Crippen LogP contribution in [0.3, 0.4) is 0 Å². The molecule has 0 saturated carbocycles. The maximum atomic E-state index is 12.5. The number of halogens is 2. The molecule has 0 aromatic carbocycles. The molecule has 0 rings (SSSR count). The van der Waals surface area contributed by atoms with Crippen molar-refractivity contribution in [2.75, 3.05) is 6.61 Å². The van der Waals surface area contributed by atoms with E-state index in [2.05, 4.69) is 23.3 Å². The van der Waals surface area contributed by atoms with E-state index in [0.717, 1.165) is 6.21 Å². The summed E-state index contributed by atoms with van der Waals surface area (Å²) in [6, 6.07) is 0. The topological polar surface area (TPSA) is 33.1 Å². The van der Waals surface area contributed by atoms with Gasteiger partial charge in [0.05, 0.1) is 0 Å². The molecule has 2 nitrogen and oxygen atoms in total. The number of hydrogen-bond donors (Lipinski definition) is 1. The third-order valence-corrected chi connectivity index (χ3v) is 1.69. The van der Waals surface area contributed by atoms with Crippen molar-refractivity contribution in [1.29, 1.82) is 5.41 Å². The van der Waals surface area contributed by atoms with Gasteiger partial charge in [-0.1, -0.05) is 0 Å². The van der Waals surface area contributed by atoms with Crippen molar-refractivity contribution in [3.05, 3.63) is 0 Å². The Bertz CT molecular complexity index is 138. The molecule has 0 heterocycles. The average Bonchev–Trinajstić information content (AvgIpc) is 2.00. The van der Waals surface area contributed by atoms with E-state index < -0.39 is 6.17 Å². The van der Waals surface area contributed by atoms with Gasteiger partial charge >= 0.3 is 75.0 Å². The summed E-state index contributed by atoms with van der Waals surface area (Å²) in [4.78, 5) is -0.0582. The Balaban J connectivity index is 3.42. The second-order valence-corrected chi connectivity index (χ2v) is 3.31. The van der Waals surface area contributed by atoms with E-state index >= 15 is 0 Å². The first-order valence-corrected chi connectivity index (χ1v) is 4.13. The molecule has 0 amide bonds. The second-order valence-electron chi connectivity index (χ2n) is 2.02. The molecule has 0 spiro atoms. The van der Waals surface area contributed by atoms with Crippen molar-refractivity contribution in [2.24, 2.45) is 0 Å². The first-order valence-electron chi connectivity index (χ1n) is 3.22. The molecule has 2 atom stereocenters. The molecule has 0 aliphatic rings. The van der Waals surface area contributed by atoms with Gasteiger partial charge in [0, 0.05) is 0 Å². The zero-order chi connectivity index (χ0) is 8.69. The quantitative estimate of drug-likeness (QED) is 0.396. The van der Waals surface area contributed by atoms with Crippen LogP contribution in [0, 0.1) is 5.41 Å². The number of alkyl halides is 2. The van der Waals surface area contributed by atoms with E-state index in [1.54, 1.807) is 0 Å². The van der Waals surface area contributed by atoms with E-state index in [1.165, 1.54) is 7.00 Å². The molecular formula is C5H9B2BrFNO. The summed E-state index contributed by atoms with van der Waals surface area (Å²) in [7, 11) is 4.66. The third-order valence-electron chi connectivity index (χ3n) is 1.06. The van der Waals surface area contributed by atoms with Gasteiger partial charge in [-0.05, 0) is 0 Å².